The zero-order valence-electron chi connectivity index (χ0n) is 9.95. The summed E-state index contributed by atoms with van der Waals surface area (Å²) in [7, 11) is 0. The van der Waals surface area contributed by atoms with E-state index in [0.29, 0.717) is 17.8 Å². The van der Waals surface area contributed by atoms with Crippen molar-refractivity contribution in [1.82, 2.24) is 15.0 Å². The molecule has 0 radical (unpaired) electrons. The number of halogens is 3. The highest BCUT2D eigenvalue weighted by Gasteiger charge is 2.34. The van der Waals surface area contributed by atoms with Gasteiger partial charge in [0.15, 0.2) is 0 Å². The number of aromatic nitrogens is 3. The lowest BCUT2D eigenvalue weighted by Gasteiger charge is -2.11. The van der Waals surface area contributed by atoms with Crippen LogP contribution in [0.1, 0.15) is 18.2 Å². The van der Waals surface area contributed by atoms with Crippen LogP contribution in [-0.4, -0.2) is 15.0 Å². The molecule has 0 aliphatic carbocycles. The maximum atomic E-state index is 12.7. The average molecular weight is 269 g/mol. The lowest BCUT2D eigenvalue weighted by Crippen LogP contribution is -2.23. The van der Waals surface area contributed by atoms with E-state index in [0.717, 1.165) is 6.07 Å². The fraction of sp³-hybridized carbons (Fsp3) is 0.250. The molecule has 100 valence electrons. The molecule has 2 heterocycles. The Hall–Kier alpha value is -2.18. The third-order valence-electron chi connectivity index (χ3n) is 2.62. The van der Waals surface area contributed by atoms with Crippen LogP contribution in [-0.2, 0) is 12.6 Å². The molecule has 2 rings (SSSR count). The summed E-state index contributed by atoms with van der Waals surface area (Å²) in [6.07, 6.45) is -0.151. The number of aromatic amines is 1. The molecule has 0 bridgehead atoms. The molecule has 0 spiro atoms. The highest BCUT2D eigenvalue weighted by Crippen LogP contribution is 2.30. The Balaban J connectivity index is 2.70. The van der Waals surface area contributed by atoms with Gasteiger partial charge in [0.2, 0.25) is 0 Å². The summed E-state index contributed by atoms with van der Waals surface area (Å²) in [5.74, 6) is 0. The number of pyridine rings is 1. The topological polar surface area (TPSA) is 58.6 Å². The van der Waals surface area contributed by atoms with Crippen LogP contribution in [0.5, 0.6) is 0 Å². The maximum absolute atomic E-state index is 12.7. The van der Waals surface area contributed by atoms with Gasteiger partial charge in [-0.3, -0.25) is 14.8 Å². The van der Waals surface area contributed by atoms with Crippen LogP contribution in [0.3, 0.4) is 0 Å². The van der Waals surface area contributed by atoms with Crippen LogP contribution in [0.15, 0.2) is 29.5 Å². The van der Waals surface area contributed by atoms with E-state index >= 15 is 0 Å². The van der Waals surface area contributed by atoms with Gasteiger partial charge in [0, 0.05) is 23.7 Å². The van der Waals surface area contributed by atoms with Crippen LogP contribution in [0.25, 0.3) is 11.3 Å². The lowest BCUT2D eigenvalue weighted by molar-refractivity contribution is -0.138. The Bertz CT molecular complexity index is 635. The first kappa shape index (κ1) is 13.3. The van der Waals surface area contributed by atoms with E-state index < -0.39 is 17.3 Å². The molecule has 19 heavy (non-hydrogen) atoms. The van der Waals surface area contributed by atoms with Crippen LogP contribution in [0, 0.1) is 0 Å². The Morgan fingerprint density at radius 3 is 2.58 bits per heavy atom. The molecular formula is C12H10F3N3O. The second-order valence-electron chi connectivity index (χ2n) is 3.85. The highest BCUT2D eigenvalue weighted by atomic mass is 19.4. The van der Waals surface area contributed by atoms with Gasteiger partial charge in [-0.15, -0.1) is 0 Å². The van der Waals surface area contributed by atoms with E-state index in [2.05, 4.69) is 15.0 Å². The van der Waals surface area contributed by atoms with E-state index in [4.69, 9.17) is 0 Å². The first-order valence-electron chi connectivity index (χ1n) is 5.53. The Labute approximate surface area is 106 Å². The first-order chi connectivity index (χ1) is 8.93. The van der Waals surface area contributed by atoms with Gasteiger partial charge in [-0.1, -0.05) is 6.92 Å². The number of nitrogens with one attached hydrogen (secondary N) is 1. The van der Waals surface area contributed by atoms with Crippen LogP contribution in [0.2, 0.25) is 0 Å². The number of aryl methyl sites for hydroxylation is 1. The minimum absolute atomic E-state index is 0.238. The van der Waals surface area contributed by atoms with Crippen molar-refractivity contribution in [3.8, 4) is 11.3 Å². The van der Waals surface area contributed by atoms with Crippen molar-refractivity contribution in [2.45, 2.75) is 19.5 Å². The Kier molecular flexibility index (Phi) is 3.37. The summed E-state index contributed by atoms with van der Waals surface area (Å²) in [4.78, 5) is 21.4. The van der Waals surface area contributed by atoms with Crippen molar-refractivity contribution in [2.75, 3.05) is 0 Å². The van der Waals surface area contributed by atoms with Gasteiger partial charge in [0.25, 0.3) is 5.56 Å². The monoisotopic (exact) mass is 269 g/mol. The largest absolute Gasteiger partial charge is 0.421 e. The molecule has 0 aromatic carbocycles. The SMILES string of the molecule is CCc1[nH]c(=O)c(C(F)(F)F)cc1-c1cnccn1. The highest BCUT2D eigenvalue weighted by molar-refractivity contribution is 5.61. The second kappa shape index (κ2) is 4.83. The molecule has 7 heteroatoms. The number of hydrogen-bond donors (Lipinski definition) is 1. The fourth-order valence-corrected chi connectivity index (χ4v) is 1.72. The lowest BCUT2D eigenvalue weighted by atomic mass is 10.1. The maximum Gasteiger partial charge on any atom is 0.421 e. The number of nitrogens with zero attached hydrogens (tertiary/aromatic N) is 2. The zero-order valence-corrected chi connectivity index (χ0v) is 9.95. The van der Waals surface area contributed by atoms with Crippen molar-refractivity contribution in [3.63, 3.8) is 0 Å². The van der Waals surface area contributed by atoms with Crippen molar-refractivity contribution in [1.29, 1.82) is 0 Å². The zero-order chi connectivity index (χ0) is 14.0. The number of alkyl halides is 3. The standard InChI is InChI=1S/C12H10F3N3O/c1-2-9-7(10-6-16-3-4-17-10)5-8(11(19)18-9)12(13,14)15/h3-6H,2H2,1H3,(H,18,19). The van der Waals surface area contributed by atoms with Crippen LogP contribution < -0.4 is 5.56 Å². The van der Waals surface area contributed by atoms with Gasteiger partial charge in [0.1, 0.15) is 5.56 Å². The smallest absolute Gasteiger partial charge is 0.325 e. The quantitative estimate of drug-likeness (QED) is 0.910. The van der Waals surface area contributed by atoms with Gasteiger partial charge < -0.3 is 4.98 Å². The summed E-state index contributed by atoms with van der Waals surface area (Å²) in [5.41, 5.74) is -1.44. The third-order valence-corrected chi connectivity index (χ3v) is 2.62. The molecule has 0 saturated heterocycles. The van der Waals surface area contributed by atoms with Crippen LogP contribution >= 0.6 is 0 Å². The van der Waals surface area contributed by atoms with Gasteiger partial charge in [-0.25, -0.2) is 0 Å². The molecule has 4 nitrogen and oxygen atoms in total. The van der Waals surface area contributed by atoms with Gasteiger partial charge in [-0.2, -0.15) is 13.2 Å². The van der Waals surface area contributed by atoms with E-state index in [1.165, 1.54) is 18.6 Å². The summed E-state index contributed by atoms with van der Waals surface area (Å²) in [6, 6.07) is 0.821. The third kappa shape index (κ3) is 2.64. The molecule has 0 amide bonds. The van der Waals surface area contributed by atoms with Gasteiger partial charge >= 0.3 is 6.18 Å². The summed E-state index contributed by atoms with van der Waals surface area (Å²) in [6.45, 7) is 1.73. The van der Waals surface area contributed by atoms with Crippen molar-refractivity contribution >= 4 is 0 Å². The van der Waals surface area contributed by atoms with E-state index in [1.807, 2.05) is 0 Å². The second-order valence-corrected chi connectivity index (χ2v) is 3.85. The predicted octanol–water partition coefficient (Wildman–Crippen LogP) is 2.41. The first-order valence-corrected chi connectivity index (χ1v) is 5.53. The average Bonchev–Trinajstić information content (AvgIpc) is 2.38. The summed E-state index contributed by atoms with van der Waals surface area (Å²) < 4.78 is 38.2. The molecule has 0 atom stereocenters. The van der Waals surface area contributed by atoms with Gasteiger partial charge in [-0.05, 0) is 12.5 Å². The van der Waals surface area contributed by atoms with E-state index in [1.54, 1.807) is 6.92 Å². The minimum atomic E-state index is -4.70. The molecule has 2 aromatic heterocycles. The van der Waals surface area contributed by atoms with E-state index in [9.17, 15) is 18.0 Å². The van der Waals surface area contributed by atoms with Crippen LogP contribution in [0.4, 0.5) is 13.2 Å². The molecule has 0 fully saturated rings. The molecule has 0 aliphatic heterocycles. The molecular weight excluding hydrogens is 259 g/mol. The molecule has 0 aliphatic rings. The fourth-order valence-electron chi connectivity index (χ4n) is 1.72. The molecule has 1 N–H and O–H groups in total. The normalized spacial score (nSPS) is 11.6. The number of rotatable bonds is 2. The number of H-pyrrole nitrogens is 1. The van der Waals surface area contributed by atoms with E-state index in [-0.39, 0.29) is 5.56 Å². The minimum Gasteiger partial charge on any atom is -0.325 e. The van der Waals surface area contributed by atoms with Gasteiger partial charge in [0.05, 0.1) is 11.9 Å². The predicted molar refractivity (Wildman–Crippen MR) is 62.5 cm³/mol. The molecule has 2 aromatic rings. The molecule has 0 saturated carbocycles. The Morgan fingerprint density at radius 1 is 1.32 bits per heavy atom. The Morgan fingerprint density at radius 2 is 2.05 bits per heavy atom. The molecule has 0 unspecified atom stereocenters. The summed E-state index contributed by atoms with van der Waals surface area (Å²) >= 11 is 0. The summed E-state index contributed by atoms with van der Waals surface area (Å²) in [5, 5.41) is 0. The van der Waals surface area contributed by atoms with Crippen molar-refractivity contribution in [2.24, 2.45) is 0 Å². The number of hydrogen-bond acceptors (Lipinski definition) is 3. The van der Waals surface area contributed by atoms with Crippen molar-refractivity contribution < 1.29 is 13.2 Å². The van der Waals surface area contributed by atoms with Crippen molar-refractivity contribution in [3.05, 3.63) is 46.3 Å².